The van der Waals surface area contributed by atoms with Crippen molar-refractivity contribution in [3.63, 3.8) is 0 Å². The number of hydrogen-bond acceptors (Lipinski definition) is 3. The fraction of sp³-hybridized carbons (Fsp3) is 0.533. The van der Waals surface area contributed by atoms with Gasteiger partial charge in [0.25, 0.3) is 0 Å². The number of benzene rings is 1. The second kappa shape index (κ2) is 8.33. The molecule has 0 heterocycles. The number of halogens is 1. The molecule has 0 fully saturated rings. The summed E-state index contributed by atoms with van der Waals surface area (Å²) in [6, 6.07) is 6.27. The predicted octanol–water partition coefficient (Wildman–Crippen LogP) is 3.90. The van der Waals surface area contributed by atoms with Crippen molar-refractivity contribution in [1.82, 2.24) is 0 Å². The van der Waals surface area contributed by atoms with E-state index in [1.54, 1.807) is 7.11 Å². The first-order valence-corrected chi connectivity index (χ1v) is 7.47. The van der Waals surface area contributed by atoms with Crippen LogP contribution >= 0.6 is 15.9 Å². The Morgan fingerprint density at radius 2 is 2.05 bits per heavy atom. The van der Waals surface area contributed by atoms with Gasteiger partial charge in [-0.05, 0) is 31.0 Å². The lowest BCUT2D eigenvalue weighted by atomic mass is 10.1. The van der Waals surface area contributed by atoms with Crippen molar-refractivity contribution < 1.29 is 9.53 Å². The van der Waals surface area contributed by atoms with E-state index in [1.165, 1.54) is 0 Å². The molecule has 4 heteroatoms. The third-order valence-corrected chi connectivity index (χ3v) is 3.84. The van der Waals surface area contributed by atoms with E-state index in [4.69, 9.17) is 4.74 Å². The van der Waals surface area contributed by atoms with Crippen molar-refractivity contribution in [2.45, 2.75) is 32.7 Å². The lowest BCUT2D eigenvalue weighted by Crippen LogP contribution is -2.37. The topological polar surface area (TPSA) is 29.5 Å². The summed E-state index contributed by atoms with van der Waals surface area (Å²) in [5.74, 6) is 0. The van der Waals surface area contributed by atoms with Gasteiger partial charge in [0.05, 0.1) is 6.61 Å². The molecule has 1 aromatic rings. The maximum atomic E-state index is 11.3. The van der Waals surface area contributed by atoms with Gasteiger partial charge in [0.2, 0.25) is 0 Å². The van der Waals surface area contributed by atoms with Gasteiger partial charge in [-0.2, -0.15) is 0 Å². The molecule has 0 radical (unpaired) electrons. The van der Waals surface area contributed by atoms with Crippen LogP contribution < -0.4 is 4.90 Å². The second-order valence-electron chi connectivity index (χ2n) is 4.48. The summed E-state index contributed by atoms with van der Waals surface area (Å²) >= 11 is 3.41. The molecule has 3 nitrogen and oxygen atoms in total. The van der Waals surface area contributed by atoms with Crippen LogP contribution in [0.15, 0.2) is 22.7 Å². The zero-order chi connectivity index (χ0) is 14.3. The zero-order valence-corrected chi connectivity index (χ0v) is 13.4. The number of carbonyl (C=O) groups excluding carboxylic acids is 1. The van der Waals surface area contributed by atoms with Gasteiger partial charge in [0.15, 0.2) is 6.29 Å². The molecule has 0 aromatic heterocycles. The van der Waals surface area contributed by atoms with Gasteiger partial charge >= 0.3 is 0 Å². The van der Waals surface area contributed by atoms with Crippen LogP contribution in [0.4, 0.5) is 5.69 Å². The van der Waals surface area contributed by atoms with Crippen molar-refractivity contribution >= 4 is 27.9 Å². The van der Waals surface area contributed by atoms with Crippen LogP contribution in [-0.4, -0.2) is 32.6 Å². The van der Waals surface area contributed by atoms with Crippen molar-refractivity contribution in [2.75, 3.05) is 25.2 Å². The zero-order valence-electron chi connectivity index (χ0n) is 11.9. The summed E-state index contributed by atoms with van der Waals surface area (Å²) in [7, 11) is 1.70. The largest absolute Gasteiger partial charge is 0.383 e. The molecule has 19 heavy (non-hydrogen) atoms. The van der Waals surface area contributed by atoms with E-state index in [9.17, 15) is 4.79 Å². The quantitative estimate of drug-likeness (QED) is 0.678. The van der Waals surface area contributed by atoms with Gasteiger partial charge in [-0.3, -0.25) is 4.79 Å². The number of hydrogen-bond donors (Lipinski definition) is 0. The smallest absolute Gasteiger partial charge is 0.152 e. The van der Waals surface area contributed by atoms with Crippen LogP contribution in [-0.2, 0) is 4.74 Å². The number of nitrogens with zero attached hydrogens (tertiary/aromatic N) is 1. The molecule has 0 aliphatic heterocycles. The van der Waals surface area contributed by atoms with E-state index >= 15 is 0 Å². The van der Waals surface area contributed by atoms with E-state index in [0.29, 0.717) is 12.6 Å². The number of carbonyl (C=O) groups is 1. The molecule has 0 unspecified atom stereocenters. The molecule has 0 aliphatic carbocycles. The summed E-state index contributed by atoms with van der Waals surface area (Å²) in [6.07, 6.45) is 3.02. The molecule has 0 bridgehead atoms. The summed E-state index contributed by atoms with van der Waals surface area (Å²) in [6.45, 7) is 5.80. The van der Waals surface area contributed by atoms with Crippen molar-refractivity contribution in [1.29, 1.82) is 0 Å². The summed E-state index contributed by atoms with van der Waals surface area (Å²) in [4.78, 5) is 13.6. The lowest BCUT2D eigenvalue weighted by molar-refractivity contribution is 0.112. The number of rotatable bonds is 8. The van der Waals surface area contributed by atoms with Crippen molar-refractivity contribution in [3.05, 3.63) is 28.2 Å². The Morgan fingerprint density at radius 3 is 2.58 bits per heavy atom. The minimum atomic E-state index is 0.426. The number of anilines is 1. The Morgan fingerprint density at radius 1 is 1.37 bits per heavy atom. The summed E-state index contributed by atoms with van der Waals surface area (Å²) in [5.41, 5.74) is 1.71. The highest BCUT2D eigenvalue weighted by Gasteiger charge is 2.18. The number of methoxy groups -OCH3 is 1. The molecule has 0 aliphatic rings. The molecule has 0 N–H and O–H groups in total. The first-order valence-electron chi connectivity index (χ1n) is 6.68. The van der Waals surface area contributed by atoms with E-state index in [-0.39, 0.29) is 0 Å². The Kier molecular flexibility index (Phi) is 7.10. The van der Waals surface area contributed by atoms with E-state index in [2.05, 4.69) is 34.7 Å². The average Bonchev–Trinajstić information content (AvgIpc) is 2.43. The molecular formula is C15H22BrNO2. The summed E-state index contributed by atoms with van der Waals surface area (Å²) < 4.78 is 6.12. The number of ether oxygens (including phenoxy) is 1. The Labute approximate surface area is 124 Å². The third-order valence-electron chi connectivity index (χ3n) is 3.35. The van der Waals surface area contributed by atoms with Gasteiger partial charge in [-0.1, -0.05) is 29.8 Å². The predicted molar refractivity (Wildman–Crippen MR) is 83.1 cm³/mol. The maximum Gasteiger partial charge on any atom is 0.152 e. The first-order chi connectivity index (χ1) is 9.17. The van der Waals surface area contributed by atoms with Crippen LogP contribution in [0, 0.1) is 0 Å². The van der Waals surface area contributed by atoms with E-state index < -0.39 is 0 Å². The molecular weight excluding hydrogens is 306 g/mol. The van der Waals surface area contributed by atoms with Gasteiger partial charge in [-0.15, -0.1) is 0 Å². The fourth-order valence-corrected chi connectivity index (χ4v) is 2.68. The average molecular weight is 328 g/mol. The molecule has 0 saturated carbocycles. The highest BCUT2D eigenvalue weighted by Crippen LogP contribution is 2.26. The SMILES string of the molecule is CCC(CC)N(CCOC)c1ccc(Br)cc1C=O. The molecule has 106 valence electrons. The minimum absolute atomic E-state index is 0.426. The highest BCUT2D eigenvalue weighted by atomic mass is 79.9. The van der Waals surface area contributed by atoms with Crippen LogP contribution in [0.25, 0.3) is 0 Å². The maximum absolute atomic E-state index is 11.3. The van der Waals surface area contributed by atoms with Crippen LogP contribution in [0.3, 0.4) is 0 Å². The van der Waals surface area contributed by atoms with Crippen molar-refractivity contribution in [2.24, 2.45) is 0 Å². The Balaban J connectivity index is 3.11. The Bertz CT molecular complexity index is 405. The van der Waals surface area contributed by atoms with Crippen LogP contribution in [0.1, 0.15) is 37.0 Å². The minimum Gasteiger partial charge on any atom is -0.383 e. The normalized spacial score (nSPS) is 10.8. The first kappa shape index (κ1) is 16.2. The molecule has 1 aromatic carbocycles. The molecule has 0 spiro atoms. The standard InChI is InChI=1S/C15H22BrNO2/c1-4-14(5-2)17(8-9-19-3)15-7-6-13(16)10-12(15)11-18/h6-7,10-11,14H,4-5,8-9H2,1-3H3. The van der Waals surface area contributed by atoms with Crippen LogP contribution in [0.5, 0.6) is 0 Å². The van der Waals surface area contributed by atoms with E-state index in [1.807, 2.05) is 18.2 Å². The van der Waals surface area contributed by atoms with Gasteiger partial charge in [0, 0.05) is 35.4 Å². The third kappa shape index (κ3) is 4.32. The fourth-order valence-electron chi connectivity index (χ4n) is 2.30. The van der Waals surface area contributed by atoms with Gasteiger partial charge < -0.3 is 9.64 Å². The lowest BCUT2D eigenvalue weighted by Gasteiger charge is -2.33. The summed E-state index contributed by atoms with van der Waals surface area (Å²) in [5, 5.41) is 0. The van der Waals surface area contributed by atoms with Gasteiger partial charge in [0.1, 0.15) is 0 Å². The van der Waals surface area contributed by atoms with Crippen LogP contribution in [0.2, 0.25) is 0 Å². The monoisotopic (exact) mass is 327 g/mol. The molecule has 0 amide bonds. The van der Waals surface area contributed by atoms with Gasteiger partial charge in [-0.25, -0.2) is 0 Å². The Hall–Kier alpha value is -0.870. The van der Waals surface area contributed by atoms with Crippen molar-refractivity contribution in [3.8, 4) is 0 Å². The number of aldehydes is 1. The molecule has 0 saturated heterocycles. The molecule has 1 rings (SSSR count). The molecule has 0 atom stereocenters. The van der Waals surface area contributed by atoms with E-state index in [0.717, 1.165) is 41.4 Å². The second-order valence-corrected chi connectivity index (χ2v) is 5.39. The highest BCUT2D eigenvalue weighted by molar-refractivity contribution is 9.10.